The van der Waals surface area contributed by atoms with E-state index in [1.807, 2.05) is 12.3 Å². The molecular weight excluding hydrogens is 448 g/mol. The summed E-state index contributed by atoms with van der Waals surface area (Å²) in [7, 11) is 0. The number of ether oxygens (including phenoxy) is 3. The average molecular weight is 481 g/mol. The Morgan fingerprint density at radius 1 is 1.03 bits per heavy atom. The highest BCUT2D eigenvalue weighted by Gasteiger charge is 2.23. The van der Waals surface area contributed by atoms with Gasteiger partial charge in [-0.05, 0) is 53.8 Å². The van der Waals surface area contributed by atoms with Crippen molar-refractivity contribution in [1.29, 1.82) is 0 Å². The zero-order valence-electron chi connectivity index (χ0n) is 20.8. The molecule has 0 bridgehead atoms. The maximum absolute atomic E-state index is 6.42. The second-order valence-corrected chi connectivity index (χ2v) is 9.87. The highest BCUT2D eigenvalue weighted by atomic mass is 16.5. The minimum absolute atomic E-state index is 0.434. The van der Waals surface area contributed by atoms with Crippen LogP contribution in [0.2, 0.25) is 0 Å². The number of nitrogens with zero attached hydrogens (tertiary/aromatic N) is 2. The summed E-state index contributed by atoms with van der Waals surface area (Å²) in [4.78, 5) is 7.12. The van der Waals surface area contributed by atoms with Gasteiger partial charge in [0.25, 0.3) is 0 Å². The molecule has 1 fully saturated rings. The summed E-state index contributed by atoms with van der Waals surface area (Å²) in [5.41, 5.74) is 7.12. The highest BCUT2D eigenvalue weighted by Crippen LogP contribution is 2.40. The zero-order valence-corrected chi connectivity index (χ0v) is 20.8. The predicted octanol–water partition coefficient (Wildman–Crippen LogP) is 6.02. The number of aromatic nitrogens is 1. The monoisotopic (exact) mass is 480 g/mol. The van der Waals surface area contributed by atoms with Crippen LogP contribution in [0.25, 0.3) is 22.0 Å². The third-order valence-corrected chi connectivity index (χ3v) is 7.24. The Balaban J connectivity index is 1.34. The van der Waals surface area contributed by atoms with Crippen molar-refractivity contribution in [2.45, 2.75) is 26.4 Å². The van der Waals surface area contributed by atoms with Gasteiger partial charge in [0, 0.05) is 49.3 Å². The van der Waals surface area contributed by atoms with Crippen LogP contribution in [0.4, 0.5) is 0 Å². The van der Waals surface area contributed by atoms with Crippen molar-refractivity contribution in [3.8, 4) is 22.6 Å². The Morgan fingerprint density at radius 3 is 2.83 bits per heavy atom. The molecule has 3 aromatic carbocycles. The van der Waals surface area contributed by atoms with Crippen molar-refractivity contribution >= 4 is 10.9 Å². The van der Waals surface area contributed by atoms with E-state index in [-0.39, 0.29) is 0 Å². The van der Waals surface area contributed by atoms with Crippen molar-refractivity contribution in [1.82, 2.24) is 9.88 Å². The molecule has 0 spiro atoms. The fourth-order valence-electron chi connectivity index (χ4n) is 5.29. The van der Waals surface area contributed by atoms with E-state index >= 15 is 0 Å². The first-order valence-corrected chi connectivity index (χ1v) is 12.9. The van der Waals surface area contributed by atoms with Crippen molar-refractivity contribution in [2.24, 2.45) is 5.92 Å². The van der Waals surface area contributed by atoms with Gasteiger partial charge in [-0.1, -0.05) is 48.5 Å². The van der Waals surface area contributed by atoms with E-state index < -0.39 is 0 Å². The Labute approximate surface area is 212 Å². The standard InChI is InChI=1S/C31H32N2O3/c1-22-6-2-3-10-28(22)26-16-27-19-33(18-25-8-4-7-24-9-5-12-32-30(24)25)13-15-35-31(27)29(17-26)36-21-23-11-14-34-20-23/h2-10,12,16-17,23H,11,13-15,18-21H2,1H3. The lowest BCUT2D eigenvalue weighted by atomic mass is 9.97. The van der Waals surface area contributed by atoms with Crippen molar-refractivity contribution < 1.29 is 14.2 Å². The first-order valence-electron chi connectivity index (χ1n) is 12.9. The van der Waals surface area contributed by atoms with E-state index in [0.717, 1.165) is 56.3 Å². The molecule has 36 heavy (non-hydrogen) atoms. The molecule has 0 aliphatic carbocycles. The molecule has 2 aliphatic rings. The van der Waals surface area contributed by atoms with Crippen LogP contribution >= 0.6 is 0 Å². The summed E-state index contributed by atoms with van der Waals surface area (Å²) in [6, 6.07) is 23.5. The quantitative estimate of drug-likeness (QED) is 0.338. The Kier molecular flexibility index (Phi) is 6.58. The summed E-state index contributed by atoms with van der Waals surface area (Å²) < 4.78 is 18.3. The Bertz CT molecular complexity index is 1360. The minimum Gasteiger partial charge on any atom is -0.489 e. The van der Waals surface area contributed by atoms with Gasteiger partial charge >= 0.3 is 0 Å². The van der Waals surface area contributed by atoms with E-state index in [9.17, 15) is 0 Å². The van der Waals surface area contributed by atoms with Gasteiger partial charge in [-0.2, -0.15) is 0 Å². The van der Waals surface area contributed by atoms with Crippen LogP contribution in [0.5, 0.6) is 11.5 Å². The fraction of sp³-hybridized carbons (Fsp3) is 0.323. The number of pyridine rings is 1. The third kappa shape index (κ3) is 4.81. The number of rotatable bonds is 6. The van der Waals surface area contributed by atoms with Crippen LogP contribution in [0.1, 0.15) is 23.1 Å². The molecule has 0 amide bonds. The van der Waals surface area contributed by atoms with Crippen LogP contribution in [0.15, 0.2) is 72.9 Å². The largest absolute Gasteiger partial charge is 0.489 e. The maximum atomic E-state index is 6.42. The SMILES string of the molecule is Cc1ccccc1-c1cc2c(c(OCC3CCOC3)c1)OCCN(Cc1cccc3cccnc13)C2. The lowest BCUT2D eigenvalue weighted by Gasteiger charge is -2.21. The summed E-state index contributed by atoms with van der Waals surface area (Å²) in [5, 5.41) is 1.18. The van der Waals surface area contributed by atoms with Gasteiger partial charge in [0.2, 0.25) is 0 Å². The highest BCUT2D eigenvalue weighted by molar-refractivity contribution is 5.81. The molecule has 0 radical (unpaired) electrons. The summed E-state index contributed by atoms with van der Waals surface area (Å²) in [5.74, 6) is 2.15. The number of benzene rings is 3. The molecular formula is C31H32N2O3. The Morgan fingerprint density at radius 2 is 1.94 bits per heavy atom. The van der Waals surface area contributed by atoms with Gasteiger partial charge in [-0.25, -0.2) is 0 Å². The molecule has 5 nitrogen and oxygen atoms in total. The van der Waals surface area contributed by atoms with E-state index in [4.69, 9.17) is 14.2 Å². The number of aryl methyl sites for hydroxylation is 1. The van der Waals surface area contributed by atoms with Gasteiger partial charge in [0.1, 0.15) is 6.61 Å². The molecule has 0 N–H and O–H groups in total. The molecule has 0 saturated carbocycles. The lowest BCUT2D eigenvalue weighted by Crippen LogP contribution is -2.25. The predicted molar refractivity (Wildman–Crippen MR) is 142 cm³/mol. The lowest BCUT2D eigenvalue weighted by molar-refractivity contribution is 0.164. The summed E-state index contributed by atoms with van der Waals surface area (Å²) in [6.07, 6.45) is 2.92. The summed E-state index contributed by atoms with van der Waals surface area (Å²) >= 11 is 0. The van der Waals surface area contributed by atoms with Crippen molar-refractivity contribution in [2.75, 3.05) is 33.0 Å². The first kappa shape index (κ1) is 23.0. The smallest absolute Gasteiger partial charge is 0.165 e. The molecule has 1 aromatic heterocycles. The second-order valence-electron chi connectivity index (χ2n) is 9.87. The zero-order chi connectivity index (χ0) is 24.3. The Hall–Kier alpha value is -3.41. The molecule has 4 aromatic rings. The van der Waals surface area contributed by atoms with E-state index in [1.54, 1.807) is 0 Å². The van der Waals surface area contributed by atoms with Crippen LogP contribution < -0.4 is 9.47 Å². The van der Waals surface area contributed by atoms with E-state index in [2.05, 4.69) is 77.5 Å². The van der Waals surface area contributed by atoms with Gasteiger partial charge in [-0.3, -0.25) is 9.88 Å². The maximum Gasteiger partial charge on any atom is 0.165 e. The molecule has 2 aliphatic heterocycles. The fourth-order valence-corrected chi connectivity index (χ4v) is 5.29. The van der Waals surface area contributed by atoms with Gasteiger partial charge in [-0.15, -0.1) is 0 Å². The van der Waals surface area contributed by atoms with Crippen LogP contribution in [-0.2, 0) is 17.8 Å². The summed E-state index contributed by atoms with van der Waals surface area (Å²) in [6.45, 7) is 7.48. The molecule has 5 heteroatoms. The average Bonchev–Trinajstić information content (AvgIpc) is 3.34. The molecule has 1 unspecified atom stereocenters. The van der Waals surface area contributed by atoms with E-state index in [0.29, 0.717) is 19.1 Å². The number of hydrogen-bond donors (Lipinski definition) is 0. The molecule has 1 saturated heterocycles. The van der Waals surface area contributed by atoms with Gasteiger partial charge in [0.05, 0.1) is 18.7 Å². The van der Waals surface area contributed by atoms with Crippen molar-refractivity contribution in [3.05, 3.63) is 89.6 Å². The van der Waals surface area contributed by atoms with Crippen LogP contribution in [0.3, 0.4) is 0 Å². The number of hydrogen-bond acceptors (Lipinski definition) is 5. The molecule has 1 atom stereocenters. The second kappa shape index (κ2) is 10.3. The van der Waals surface area contributed by atoms with Crippen molar-refractivity contribution in [3.63, 3.8) is 0 Å². The van der Waals surface area contributed by atoms with Crippen LogP contribution in [0, 0.1) is 12.8 Å². The van der Waals surface area contributed by atoms with Gasteiger partial charge in [0.15, 0.2) is 11.5 Å². The van der Waals surface area contributed by atoms with E-state index in [1.165, 1.54) is 33.2 Å². The normalized spacial score (nSPS) is 18.0. The molecule has 6 rings (SSSR count). The topological polar surface area (TPSA) is 43.8 Å². The number of fused-ring (bicyclic) bond motifs is 2. The first-order chi connectivity index (χ1) is 17.7. The number of para-hydroxylation sites is 1. The third-order valence-electron chi connectivity index (χ3n) is 7.24. The molecule has 184 valence electrons. The minimum atomic E-state index is 0.434. The van der Waals surface area contributed by atoms with Crippen LogP contribution in [-0.4, -0.2) is 42.9 Å². The van der Waals surface area contributed by atoms with Gasteiger partial charge < -0.3 is 14.2 Å². The molecule has 3 heterocycles.